The van der Waals surface area contributed by atoms with Crippen molar-refractivity contribution in [2.45, 2.75) is 101 Å². The van der Waals surface area contributed by atoms with Gasteiger partial charge >= 0.3 is 0 Å². The summed E-state index contributed by atoms with van der Waals surface area (Å²) in [6, 6.07) is 7.24. The lowest BCUT2D eigenvalue weighted by molar-refractivity contribution is -0.137. The highest BCUT2D eigenvalue weighted by Crippen LogP contribution is 2.32. The van der Waals surface area contributed by atoms with Gasteiger partial charge in [0.25, 0.3) is 0 Å². The average molecular weight is 837 g/mol. The Morgan fingerprint density at radius 2 is 1.45 bits per heavy atom. The van der Waals surface area contributed by atoms with E-state index in [0.29, 0.717) is 29.8 Å². The van der Waals surface area contributed by atoms with Gasteiger partial charge in [-0.15, -0.1) is 0 Å². The van der Waals surface area contributed by atoms with Gasteiger partial charge in [-0.1, -0.05) is 59.7 Å². The highest BCUT2D eigenvalue weighted by atomic mass is 33.1. The standard InChI is InChI=1S/C40H52N8O8S2/c1-22(2)13-31-38(55)48-40(4,17-25-7-11-28(51)12-8-25)39(56)47-33(15-26-18-41-21-43-26)37(54)45-32(14-24-5-9-27(50)10-6-24)36(53)46-34(23(3)49)20-57-58-29-16-30(42-19-29)35(52)44-31/h5-12,18,21-22,29-34,42,50-51H,13-17,19-20H2,1-4H3,(H,41,43)(H,44,52)(H,45,54)(H,46,53)(H,47,56)(H,48,55)/t29?,30?,31-,32-,33-,34-,40-/m0/s1. The minimum absolute atomic E-state index is 0.00517. The number of carbonyl (C=O) groups is 6. The molecule has 2 saturated heterocycles. The number of hydrogen-bond acceptors (Lipinski definition) is 12. The fourth-order valence-electron chi connectivity index (χ4n) is 6.74. The Labute approximate surface area is 345 Å². The molecule has 3 aromatic rings. The summed E-state index contributed by atoms with van der Waals surface area (Å²) in [5, 5.41) is 37.3. The number of H-pyrrole nitrogens is 1. The van der Waals surface area contributed by atoms with Crippen molar-refractivity contribution in [2.75, 3.05) is 12.3 Å². The van der Waals surface area contributed by atoms with Gasteiger partial charge < -0.3 is 47.1 Å². The molecule has 0 aliphatic carbocycles. The number of rotatable bonds is 9. The first-order chi connectivity index (χ1) is 27.6. The lowest BCUT2D eigenvalue weighted by Crippen LogP contribution is -2.65. The molecule has 2 unspecified atom stereocenters. The molecule has 1 aromatic heterocycles. The monoisotopic (exact) mass is 836 g/mol. The number of Topliss-reactive ketones (excluding diaryl/α,β-unsaturated/α-hetero) is 1. The smallest absolute Gasteiger partial charge is 0.246 e. The van der Waals surface area contributed by atoms with E-state index >= 15 is 0 Å². The van der Waals surface area contributed by atoms with E-state index in [2.05, 4.69) is 41.9 Å². The van der Waals surface area contributed by atoms with Gasteiger partial charge in [0, 0.05) is 48.7 Å². The van der Waals surface area contributed by atoms with Gasteiger partial charge in [0.2, 0.25) is 29.5 Å². The highest BCUT2D eigenvalue weighted by Gasteiger charge is 2.41. The number of phenols is 2. The number of amides is 5. The van der Waals surface area contributed by atoms with Crippen LogP contribution in [0.25, 0.3) is 0 Å². The number of aromatic nitrogens is 2. The lowest BCUT2D eigenvalue weighted by Gasteiger charge is -2.34. The maximum absolute atomic E-state index is 14.6. The molecule has 0 saturated carbocycles. The van der Waals surface area contributed by atoms with Crippen LogP contribution in [-0.2, 0) is 48.0 Å². The lowest BCUT2D eigenvalue weighted by atomic mass is 9.90. The number of nitrogens with one attached hydrogen (secondary N) is 7. The zero-order valence-electron chi connectivity index (χ0n) is 32.9. The van der Waals surface area contributed by atoms with Crippen LogP contribution in [0, 0.1) is 5.92 Å². The van der Waals surface area contributed by atoms with Gasteiger partial charge in [-0.2, -0.15) is 0 Å². The van der Waals surface area contributed by atoms with E-state index in [1.165, 1.54) is 72.2 Å². The normalized spacial score (nSPS) is 26.7. The number of carbonyl (C=O) groups excluding carboxylic acids is 6. The first kappa shape index (κ1) is 44.0. The summed E-state index contributed by atoms with van der Waals surface area (Å²) in [5.41, 5.74) is -0.0265. The predicted octanol–water partition coefficient (Wildman–Crippen LogP) is 1.42. The van der Waals surface area contributed by atoms with E-state index in [0.717, 1.165) is 0 Å². The second-order valence-electron chi connectivity index (χ2n) is 15.5. The fraction of sp³-hybridized carbons (Fsp3) is 0.475. The van der Waals surface area contributed by atoms with Gasteiger partial charge in [0.1, 0.15) is 35.2 Å². The van der Waals surface area contributed by atoms with Crippen LogP contribution in [-0.4, -0.2) is 109 Å². The molecule has 0 radical (unpaired) electrons. The first-order valence-corrected chi connectivity index (χ1v) is 21.6. The number of ketones is 1. The van der Waals surface area contributed by atoms with Gasteiger partial charge in [-0.25, -0.2) is 4.98 Å². The molecule has 7 atom stereocenters. The predicted molar refractivity (Wildman–Crippen MR) is 221 cm³/mol. The van der Waals surface area contributed by atoms with Crippen molar-refractivity contribution < 1.29 is 39.0 Å². The van der Waals surface area contributed by atoms with E-state index < -0.39 is 59.4 Å². The van der Waals surface area contributed by atoms with Crippen LogP contribution in [0.5, 0.6) is 11.5 Å². The molecule has 2 bridgehead atoms. The summed E-state index contributed by atoms with van der Waals surface area (Å²) in [7, 11) is 2.87. The van der Waals surface area contributed by atoms with Crippen LogP contribution in [0.1, 0.15) is 57.4 Å². The second kappa shape index (κ2) is 20.1. The van der Waals surface area contributed by atoms with Crippen molar-refractivity contribution in [3.05, 3.63) is 77.9 Å². The van der Waals surface area contributed by atoms with E-state index in [4.69, 9.17) is 0 Å². The highest BCUT2D eigenvalue weighted by molar-refractivity contribution is 8.77. The van der Waals surface area contributed by atoms with Gasteiger partial charge in [-0.05, 0) is 68.0 Å². The Kier molecular flexibility index (Phi) is 15.2. The van der Waals surface area contributed by atoms with Crippen LogP contribution < -0.4 is 31.9 Å². The molecule has 2 fully saturated rings. The molecule has 312 valence electrons. The number of fused-ring (bicyclic) bond motifs is 2. The Morgan fingerprint density at radius 1 is 0.828 bits per heavy atom. The van der Waals surface area contributed by atoms with E-state index in [-0.39, 0.29) is 65.8 Å². The first-order valence-electron chi connectivity index (χ1n) is 19.2. The third-order valence-electron chi connectivity index (χ3n) is 10.00. The Morgan fingerprint density at radius 3 is 2.07 bits per heavy atom. The maximum Gasteiger partial charge on any atom is 0.246 e. The van der Waals surface area contributed by atoms with Crippen molar-refractivity contribution in [2.24, 2.45) is 5.92 Å². The molecule has 5 amide bonds. The Hall–Kier alpha value is -5.07. The molecule has 2 aliphatic heterocycles. The summed E-state index contributed by atoms with van der Waals surface area (Å²) in [6.45, 7) is 7.22. The third kappa shape index (κ3) is 12.5. The van der Waals surface area contributed by atoms with Gasteiger partial charge in [-0.3, -0.25) is 28.8 Å². The fourth-order valence-corrected chi connectivity index (χ4v) is 9.56. The van der Waals surface area contributed by atoms with Gasteiger partial charge in [0.15, 0.2) is 5.78 Å². The number of aromatic hydroxyl groups is 2. The number of benzene rings is 2. The Balaban J connectivity index is 1.54. The number of phenolic OH excluding ortho intramolecular Hbond substituents is 2. The molecule has 3 heterocycles. The molecule has 0 spiro atoms. The van der Waals surface area contributed by atoms with Crippen LogP contribution in [0.4, 0.5) is 0 Å². The number of imidazole rings is 1. The average Bonchev–Trinajstić information content (AvgIpc) is 3.87. The summed E-state index contributed by atoms with van der Waals surface area (Å²) >= 11 is 0. The van der Waals surface area contributed by atoms with Crippen molar-refractivity contribution in [1.82, 2.24) is 41.9 Å². The van der Waals surface area contributed by atoms with E-state index in [9.17, 15) is 39.0 Å². The summed E-state index contributed by atoms with van der Waals surface area (Å²) < 4.78 is 0. The third-order valence-corrected chi connectivity index (χ3v) is 12.9. The second-order valence-corrected chi connectivity index (χ2v) is 18.2. The quantitative estimate of drug-likeness (QED) is 0.139. The topological polar surface area (TPSA) is 244 Å². The minimum Gasteiger partial charge on any atom is -0.508 e. The van der Waals surface area contributed by atoms with Crippen LogP contribution in [0.3, 0.4) is 0 Å². The van der Waals surface area contributed by atoms with Crippen LogP contribution >= 0.6 is 21.6 Å². The van der Waals surface area contributed by atoms with Crippen molar-refractivity contribution >= 4 is 56.9 Å². The molecule has 16 nitrogen and oxygen atoms in total. The van der Waals surface area contributed by atoms with E-state index in [1.54, 1.807) is 24.3 Å². The SMILES string of the molecule is CC(=O)[C@@H]1CSSC2CNC(C2)C(=O)N[C@@H](CC(C)C)C(=O)N[C@@](C)(Cc2ccc(O)cc2)C(=O)N[C@@H](Cc2cnc[nH]2)C(=O)N[C@@H](Cc2ccc(O)cc2)C(=O)N1. The minimum atomic E-state index is -1.71. The van der Waals surface area contributed by atoms with Crippen molar-refractivity contribution in [3.8, 4) is 11.5 Å². The number of aromatic amines is 1. The molecule has 18 heteroatoms. The van der Waals surface area contributed by atoms with Crippen LogP contribution in [0.2, 0.25) is 0 Å². The Bertz CT molecular complexity index is 1910. The molecule has 9 N–H and O–H groups in total. The van der Waals surface area contributed by atoms with Crippen molar-refractivity contribution in [3.63, 3.8) is 0 Å². The molecule has 2 aliphatic rings. The van der Waals surface area contributed by atoms with Gasteiger partial charge in [0.05, 0.1) is 18.4 Å². The number of hydrogen-bond donors (Lipinski definition) is 9. The molecule has 58 heavy (non-hydrogen) atoms. The molecule has 5 rings (SSSR count). The zero-order valence-corrected chi connectivity index (χ0v) is 34.5. The summed E-state index contributed by atoms with van der Waals surface area (Å²) in [4.78, 5) is 90.7. The van der Waals surface area contributed by atoms with E-state index in [1.807, 2.05) is 13.8 Å². The van der Waals surface area contributed by atoms with Crippen LogP contribution in [0.15, 0.2) is 61.1 Å². The largest absolute Gasteiger partial charge is 0.508 e. The maximum atomic E-state index is 14.6. The summed E-state index contributed by atoms with van der Waals surface area (Å²) in [6.07, 6.45) is 3.47. The van der Waals surface area contributed by atoms with Crippen molar-refractivity contribution in [1.29, 1.82) is 0 Å². The summed E-state index contributed by atoms with van der Waals surface area (Å²) in [5.74, 6) is -3.14. The molecular weight excluding hydrogens is 785 g/mol. The molecular formula is C40H52N8O8S2. The molecule has 2 aromatic carbocycles. The zero-order chi connectivity index (χ0) is 42.0. The number of nitrogens with zero attached hydrogens (tertiary/aromatic N) is 1.